The maximum Gasteiger partial charge on any atom is 0.254 e. The Labute approximate surface area is 125 Å². The van der Waals surface area contributed by atoms with Gasteiger partial charge in [0.05, 0.1) is 5.56 Å². The van der Waals surface area contributed by atoms with Crippen LogP contribution in [-0.2, 0) is 12.8 Å². The topological polar surface area (TPSA) is 46.3 Å². The van der Waals surface area contributed by atoms with E-state index >= 15 is 0 Å². The highest BCUT2D eigenvalue weighted by atomic mass is 32.1. The third-order valence-electron chi connectivity index (χ3n) is 4.78. The van der Waals surface area contributed by atoms with Crippen LogP contribution in [0.25, 0.3) is 0 Å². The van der Waals surface area contributed by atoms with Gasteiger partial charge in [-0.15, -0.1) is 11.3 Å². The summed E-state index contributed by atoms with van der Waals surface area (Å²) in [5.41, 5.74) is 8.35. The number of hydrogen-bond donors (Lipinski definition) is 1. The summed E-state index contributed by atoms with van der Waals surface area (Å²) in [5.74, 6) is 0.705. The van der Waals surface area contributed by atoms with Crippen molar-refractivity contribution in [2.24, 2.45) is 11.7 Å². The van der Waals surface area contributed by atoms with E-state index < -0.39 is 0 Å². The highest BCUT2D eigenvalue weighted by Gasteiger charge is 2.29. The Kier molecular flexibility index (Phi) is 4.13. The Balaban J connectivity index is 1.77. The van der Waals surface area contributed by atoms with E-state index in [1.165, 1.54) is 23.3 Å². The van der Waals surface area contributed by atoms with Crippen molar-refractivity contribution in [2.45, 2.75) is 51.5 Å². The summed E-state index contributed by atoms with van der Waals surface area (Å²) in [6.45, 7) is 3.79. The average Bonchev–Trinajstić information content (AvgIpc) is 2.90. The van der Waals surface area contributed by atoms with E-state index in [0.717, 1.165) is 44.3 Å². The van der Waals surface area contributed by atoms with E-state index in [4.69, 9.17) is 5.73 Å². The van der Waals surface area contributed by atoms with Crippen LogP contribution in [0.5, 0.6) is 0 Å². The van der Waals surface area contributed by atoms with Crippen molar-refractivity contribution in [1.82, 2.24) is 4.90 Å². The molecule has 1 amide bonds. The van der Waals surface area contributed by atoms with Crippen LogP contribution in [-0.4, -0.2) is 29.9 Å². The van der Waals surface area contributed by atoms with Gasteiger partial charge in [-0.05, 0) is 56.9 Å². The smallest absolute Gasteiger partial charge is 0.254 e. The number of rotatable bonds is 2. The SMILES string of the molecule is CC(N)C1CCCN(C(=O)c2csc3c2CCCC3)C1. The number of nitrogens with two attached hydrogens (primary N) is 1. The Morgan fingerprint density at radius 2 is 2.20 bits per heavy atom. The average molecular weight is 292 g/mol. The van der Waals surface area contributed by atoms with E-state index in [9.17, 15) is 4.79 Å². The van der Waals surface area contributed by atoms with E-state index in [1.54, 1.807) is 11.3 Å². The van der Waals surface area contributed by atoms with Crippen LogP contribution in [0.2, 0.25) is 0 Å². The Morgan fingerprint density at radius 1 is 1.40 bits per heavy atom. The molecule has 20 heavy (non-hydrogen) atoms. The number of aryl methyl sites for hydroxylation is 1. The molecule has 0 radical (unpaired) electrons. The maximum absolute atomic E-state index is 12.8. The first-order valence-corrected chi connectivity index (χ1v) is 8.69. The van der Waals surface area contributed by atoms with Gasteiger partial charge in [0, 0.05) is 29.4 Å². The Hall–Kier alpha value is -0.870. The predicted molar refractivity (Wildman–Crippen MR) is 83.2 cm³/mol. The number of carbonyl (C=O) groups excluding carboxylic acids is 1. The maximum atomic E-state index is 12.8. The van der Waals surface area contributed by atoms with Crippen LogP contribution >= 0.6 is 11.3 Å². The lowest BCUT2D eigenvalue weighted by molar-refractivity contribution is 0.0660. The monoisotopic (exact) mass is 292 g/mol. The van der Waals surface area contributed by atoms with Gasteiger partial charge in [0.25, 0.3) is 5.91 Å². The molecule has 0 aromatic carbocycles. The molecule has 1 saturated heterocycles. The molecule has 110 valence electrons. The van der Waals surface area contributed by atoms with Crippen molar-refractivity contribution < 1.29 is 4.79 Å². The van der Waals surface area contributed by atoms with Gasteiger partial charge < -0.3 is 10.6 Å². The summed E-state index contributed by atoms with van der Waals surface area (Å²) in [4.78, 5) is 16.3. The molecule has 1 aromatic heterocycles. The van der Waals surface area contributed by atoms with Gasteiger partial charge in [0.15, 0.2) is 0 Å². The summed E-state index contributed by atoms with van der Waals surface area (Å²) in [6, 6.07) is 0.182. The molecule has 3 nitrogen and oxygen atoms in total. The number of thiophene rings is 1. The third kappa shape index (κ3) is 2.63. The van der Waals surface area contributed by atoms with Gasteiger partial charge >= 0.3 is 0 Å². The second-order valence-electron chi connectivity index (χ2n) is 6.27. The molecular formula is C16H24N2OS. The van der Waals surface area contributed by atoms with Gasteiger partial charge in [-0.1, -0.05) is 0 Å². The number of amides is 1. The Morgan fingerprint density at radius 3 is 3.00 bits per heavy atom. The van der Waals surface area contributed by atoms with E-state index in [2.05, 4.69) is 12.3 Å². The second kappa shape index (κ2) is 5.86. The fourth-order valence-corrected chi connectivity index (χ4v) is 4.59. The molecule has 1 fully saturated rings. The van der Waals surface area contributed by atoms with Crippen molar-refractivity contribution >= 4 is 17.2 Å². The number of piperidine rings is 1. The van der Waals surface area contributed by atoms with Gasteiger partial charge in [0.2, 0.25) is 0 Å². The normalized spacial score (nSPS) is 24.3. The number of likely N-dealkylation sites (tertiary alicyclic amines) is 1. The molecule has 3 rings (SSSR count). The standard InChI is InChI=1S/C16H24N2OS/c1-11(17)12-5-4-8-18(9-12)16(19)14-10-20-15-7-3-2-6-13(14)15/h10-12H,2-9,17H2,1H3. The summed E-state index contributed by atoms with van der Waals surface area (Å²) < 4.78 is 0. The van der Waals surface area contributed by atoms with Crippen LogP contribution in [0.4, 0.5) is 0 Å². The molecule has 2 N–H and O–H groups in total. The summed E-state index contributed by atoms with van der Waals surface area (Å²) in [6.07, 6.45) is 7.00. The molecule has 2 unspecified atom stereocenters. The minimum Gasteiger partial charge on any atom is -0.338 e. The fraction of sp³-hybridized carbons (Fsp3) is 0.688. The van der Waals surface area contributed by atoms with Crippen LogP contribution < -0.4 is 5.73 Å². The van der Waals surface area contributed by atoms with Gasteiger partial charge in [-0.3, -0.25) is 4.79 Å². The summed E-state index contributed by atoms with van der Waals surface area (Å²) in [5, 5.41) is 2.09. The van der Waals surface area contributed by atoms with Crippen molar-refractivity contribution in [2.75, 3.05) is 13.1 Å². The van der Waals surface area contributed by atoms with Crippen LogP contribution in [0, 0.1) is 5.92 Å². The number of nitrogens with zero attached hydrogens (tertiary/aromatic N) is 1. The molecule has 1 aromatic rings. The molecular weight excluding hydrogens is 268 g/mol. The Bertz CT molecular complexity index is 495. The van der Waals surface area contributed by atoms with Gasteiger partial charge in [-0.2, -0.15) is 0 Å². The molecule has 2 atom stereocenters. The fourth-order valence-electron chi connectivity index (χ4n) is 3.47. The van der Waals surface area contributed by atoms with Crippen molar-refractivity contribution in [3.63, 3.8) is 0 Å². The molecule has 0 bridgehead atoms. The molecule has 0 spiro atoms. The zero-order valence-electron chi connectivity index (χ0n) is 12.2. The highest BCUT2D eigenvalue weighted by Crippen LogP contribution is 2.31. The molecule has 4 heteroatoms. The highest BCUT2D eigenvalue weighted by molar-refractivity contribution is 7.10. The first-order chi connectivity index (χ1) is 9.66. The summed E-state index contributed by atoms with van der Waals surface area (Å²) >= 11 is 1.78. The largest absolute Gasteiger partial charge is 0.338 e. The van der Waals surface area contributed by atoms with E-state index in [-0.39, 0.29) is 11.9 Å². The predicted octanol–water partition coefficient (Wildman–Crippen LogP) is 2.83. The lowest BCUT2D eigenvalue weighted by Gasteiger charge is -2.34. The van der Waals surface area contributed by atoms with Crippen LogP contribution in [0.15, 0.2) is 5.38 Å². The minimum absolute atomic E-state index is 0.182. The first kappa shape index (κ1) is 14.1. The minimum atomic E-state index is 0.182. The van der Waals surface area contributed by atoms with Crippen LogP contribution in [0.1, 0.15) is 53.4 Å². The zero-order chi connectivity index (χ0) is 14.1. The van der Waals surface area contributed by atoms with Crippen molar-refractivity contribution in [1.29, 1.82) is 0 Å². The number of fused-ring (bicyclic) bond motifs is 1. The third-order valence-corrected chi connectivity index (χ3v) is 5.87. The number of hydrogen-bond acceptors (Lipinski definition) is 3. The molecule has 2 aliphatic rings. The first-order valence-electron chi connectivity index (χ1n) is 7.81. The molecule has 0 saturated carbocycles. The summed E-state index contributed by atoms with van der Waals surface area (Å²) in [7, 11) is 0. The van der Waals surface area contributed by atoms with Gasteiger partial charge in [-0.25, -0.2) is 0 Å². The lowest BCUT2D eigenvalue weighted by Crippen LogP contribution is -2.45. The second-order valence-corrected chi connectivity index (χ2v) is 7.24. The quantitative estimate of drug-likeness (QED) is 0.911. The lowest BCUT2D eigenvalue weighted by atomic mass is 9.91. The molecule has 1 aliphatic carbocycles. The van der Waals surface area contributed by atoms with Crippen molar-refractivity contribution in [3.05, 3.63) is 21.4 Å². The zero-order valence-corrected chi connectivity index (χ0v) is 13.0. The van der Waals surface area contributed by atoms with E-state index in [1.807, 2.05) is 4.90 Å². The van der Waals surface area contributed by atoms with Gasteiger partial charge in [0.1, 0.15) is 0 Å². The molecule has 1 aliphatic heterocycles. The van der Waals surface area contributed by atoms with E-state index in [0.29, 0.717) is 5.92 Å². The van der Waals surface area contributed by atoms with Crippen molar-refractivity contribution in [3.8, 4) is 0 Å². The number of carbonyl (C=O) groups is 1. The van der Waals surface area contributed by atoms with Crippen LogP contribution in [0.3, 0.4) is 0 Å². The molecule has 2 heterocycles.